The molecule has 1 atom stereocenters. The van der Waals surface area contributed by atoms with Gasteiger partial charge < -0.3 is 0 Å². The topological polar surface area (TPSA) is 50.9 Å². The number of nitrogens with one attached hydrogen (secondary N) is 1. The van der Waals surface area contributed by atoms with Crippen molar-refractivity contribution in [2.75, 3.05) is 0 Å². The van der Waals surface area contributed by atoms with Gasteiger partial charge in [-0.2, -0.15) is 0 Å². The molecule has 4 heteroatoms. The van der Waals surface area contributed by atoms with Crippen LogP contribution in [0.1, 0.15) is 22.9 Å². The Morgan fingerprint density at radius 2 is 2.06 bits per heavy atom. The second-order valence-electron chi connectivity index (χ2n) is 4.22. The van der Waals surface area contributed by atoms with Crippen LogP contribution in [0.4, 0.5) is 4.39 Å². The van der Waals surface area contributed by atoms with E-state index in [-0.39, 0.29) is 11.9 Å². The molecule has 0 aliphatic heterocycles. The van der Waals surface area contributed by atoms with Crippen LogP contribution in [0, 0.1) is 12.7 Å². The van der Waals surface area contributed by atoms with E-state index in [0.29, 0.717) is 12.0 Å². The Labute approximate surface area is 106 Å². The molecule has 0 aliphatic rings. The first-order chi connectivity index (χ1) is 8.72. The summed E-state index contributed by atoms with van der Waals surface area (Å²) in [6.07, 6.45) is 2.19. The summed E-state index contributed by atoms with van der Waals surface area (Å²) in [6.45, 7) is 1.97. The van der Waals surface area contributed by atoms with Crippen molar-refractivity contribution in [3.8, 4) is 0 Å². The highest BCUT2D eigenvalue weighted by Crippen LogP contribution is 2.20. The molecule has 0 aliphatic carbocycles. The van der Waals surface area contributed by atoms with Gasteiger partial charge >= 0.3 is 0 Å². The summed E-state index contributed by atoms with van der Waals surface area (Å²) >= 11 is 0. The van der Waals surface area contributed by atoms with Crippen molar-refractivity contribution >= 4 is 0 Å². The number of nitrogens with zero attached hydrogens (tertiary/aromatic N) is 1. The lowest BCUT2D eigenvalue weighted by atomic mass is 10.0. The van der Waals surface area contributed by atoms with Gasteiger partial charge in [-0.15, -0.1) is 0 Å². The number of hydrogen-bond donors (Lipinski definition) is 2. The van der Waals surface area contributed by atoms with Gasteiger partial charge in [-0.3, -0.25) is 16.3 Å². The zero-order chi connectivity index (χ0) is 13.0. The van der Waals surface area contributed by atoms with Gasteiger partial charge in [-0.25, -0.2) is 4.39 Å². The number of nitrogens with two attached hydrogens (primary N) is 1. The highest BCUT2D eigenvalue weighted by Gasteiger charge is 2.15. The molecule has 18 heavy (non-hydrogen) atoms. The van der Waals surface area contributed by atoms with Gasteiger partial charge in [-0.1, -0.05) is 24.3 Å². The van der Waals surface area contributed by atoms with Crippen LogP contribution in [0.15, 0.2) is 42.6 Å². The second-order valence-corrected chi connectivity index (χ2v) is 4.22. The normalized spacial score (nSPS) is 12.4. The number of aryl methyl sites for hydroxylation is 1. The third-order valence-corrected chi connectivity index (χ3v) is 2.96. The number of halogens is 1. The molecule has 94 valence electrons. The Balaban J connectivity index is 2.26. The molecule has 0 saturated carbocycles. The van der Waals surface area contributed by atoms with E-state index in [2.05, 4.69) is 10.4 Å². The molecule has 2 aromatic rings. The van der Waals surface area contributed by atoms with Crippen LogP contribution in [0.25, 0.3) is 0 Å². The van der Waals surface area contributed by atoms with E-state index in [1.54, 1.807) is 18.3 Å². The van der Waals surface area contributed by atoms with E-state index in [9.17, 15) is 4.39 Å². The van der Waals surface area contributed by atoms with Crippen LogP contribution in [0.5, 0.6) is 0 Å². The fraction of sp³-hybridized carbons (Fsp3) is 0.214. The molecular formula is C14H16FN3. The minimum atomic E-state index is -0.216. The predicted octanol–water partition coefficient (Wildman–Crippen LogP) is 2.28. The van der Waals surface area contributed by atoms with Crippen molar-refractivity contribution in [3.05, 3.63) is 65.2 Å². The van der Waals surface area contributed by atoms with Crippen molar-refractivity contribution in [2.24, 2.45) is 5.84 Å². The van der Waals surface area contributed by atoms with Crippen LogP contribution in [-0.4, -0.2) is 4.98 Å². The number of rotatable bonds is 4. The van der Waals surface area contributed by atoms with Gasteiger partial charge in [0, 0.05) is 6.20 Å². The van der Waals surface area contributed by atoms with Crippen LogP contribution in [-0.2, 0) is 6.42 Å². The summed E-state index contributed by atoms with van der Waals surface area (Å²) in [6, 6.07) is 10.4. The van der Waals surface area contributed by atoms with Crippen LogP contribution in [0.3, 0.4) is 0 Å². The van der Waals surface area contributed by atoms with Gasteiger partial charge in [0.1, 0.15) is 5.82 Å². The minimum absolute atomic E-state index is 0.192. The summed E-state index contributed by atoms with van der Waals surface area (Å²) in [5.74, 6) is 5.34. The molecule has 3 N–H and O–H groups in total. The van der Waals surface area contributed by atoms with Crippen LogP contribution < -0.4 is 11.3 Å². The number of hydrazine groups is 1. The van der Waals surface area contributed by atoms with E-state index in [0.717, 1.165) is 11.3 Å². The molecule has 1 aromatic heterocycles. The van der Waals surface area contributed by atoms with E-state index < -0.39 is 0 Å². The maximum atomic E-state index is 13.6. The van der Waals surface area contributed by atoms with E-state index in [4.69, 9.17) is 5.84 Å². The molecule has 0 saturated heterocycles. The lowest BCUT2D eigenvalue weighted by Gasteiger charge is -2.17. The highest BCUT2D eigenvalue weighted by molar-refractivity contribution is 5.25. The lowest BCUT2D eigenvalue weighted by molar-refractivity contribution is 0.516. The fourth-order valence-electron chi connectivity index (χ4n) is 1.98. The summed E-state index contributed by atoms with van der Waals surface area (Å²) < 4.78 is 13.6. The zero-order valence-electron chi connectivity index (χ0n) is 10.2. The molecule has 0 spiro atoms. The third kappa shape index (κ3) is 2.72. The van der Waals surface area contributed by atoms with Gasteiger partial charge in [0.15, 0.2) is 0 Å². The highest BCUT2D eigenvalue weighted by atomic mass is 19.1. The number of aromatic nitrogens is 1. The average Bonchev–Trinajstić information content (AvgIpc) is 2.39. The summed E-state index contributed by atoms with van der Waals surface area (Å²) in [7, 11) is 0. The second kappa shape index (κ2) is 5.71. The molecule has 1 aromatic carbocycles. The first kappa shape index (κ1) is 12.7. The van der Waals surface area contributed by atoms with Gasteiger partial charge in [0.05, 0.1) is 11.7 Å². The largest absolute Gasteiger partial charge is 0.271 e. The summed E-state index contributed by atoms with van der Waals surface area (Å²) in [4.78, 5) is 4.31. The zero-order valence-corrected chi connectivity index (χ0v) is 10.2. The first-order valence-corrected chi connectivity index (χ1v) is 5.83. The molecule has 0 radical (unpaired) electrons. The predicted molar refractivity (Wildman–Crippen MR) is 69.1 cm³/mol. The molecule has 3 nitrogen and oxygen atoms in total. The van der Waals surface area contributed by atoms with E-state index in [1.165, 1.54) is 6.07 Å². The fourth-order valence-corrected chi connectivity index (χ4v) is 1.98. The van der Waals surface area contributed by atoms with Gasteiger partial charge in [0.25, 0.3) is 0 Å². The smallest absolute Gasteiger partial charge is 0.126 e. The monoisotopic (exact) mass is 245 g/mol. The molecule has 0 amide bonds. The van der Waals surface area contributed by atoms with Crippen molar-refractivity contribution in [3.63, 3.8) is 0 Å². The molecule has 0 bridgehead atoms. The third-order valence-electron chi connectivity index (χ3n) is 2.96. The molecule has 1 heterocycles. The van der Waals surface area contributed by atoms with Crippen molar-refractivity contribution in [1.29, 1.82) is 0 Å². The van der Waals surface area contributed by atoms with E-state index >= 15 is 0 Å². The number of benzene rings is 1. The Morgan fingerprint density at radius 1 is 1.28 bits per heavy atom. The quantitative estimate of drug-likeness (QED) is 0.642. The maximum Gasteiger partial charge on any atom is 0.126 e. The van der Waals surface area contributed by atoms with Crippen molar-refractivity contribution < 1.29 is 4.39 Å². The van der Waals surface area contributed by atoms with Crippen LogP contribution >= 0.6 is 0 Å². The van der Waals surface area contributed by atoms with E-state index in [1.807, 2.05) is 25.1 Å². The standard InChI is InChI=1S/C14H16FN3/c1-10-5-4-8-17-14(10)13(18-16)9-11-6-2-3-7-12(11)15/h2-8,13,18H,9,16H2,1H3. The van der Waals surface area contributed by atoms with Crippen molar-refractivity contribution in [1.82, 2.24) is 10.4 Å². The Hall–Kier alpha value is -1.78. The molecule has 0 fully saturated rings. The number of pyridine rings is 1. The summed E-state index contributed by atoms with van der Waals surface area (Å²) in [5.41, 5.74) is 5.22. The Kier molecular flexibility index (Phi) is 4.02. The van der Waals surface area contributed by atoms with Gasteiger partial charge in [-0.05, 0) is 36.6 Å². The Bertz CT molecular complexity index is 528. The summed E-state index contributed by atoms with van der Waals surface area (Å²) in [5, 5.41) is 0. The van der Waals surface area contributed by atoms with Crippen LogP contribution in [0.2, 0.25) is 0 Å². The lowest BCUT2D eigenvalue weighted by Crippen LogP contribution is -2.31. The molecule has 2 rings (SSSR count). The maximum absolute atomic E-state index is 13.6. The van der Waals surface area contributed by atoms with Crippen molar-refractivity contribution in [2.45, 2.75) is 19.4 Å². The number of hydrogen-bond acceptors (Lipinski definition) is 3. The van der Waals surface area contributed by atoms with Gasteiger partial charge in [0.2, 0.25) is 0 Å². The first-order valence-electron chi connectivity index (χ1n) is 5.83. The SMILES string of the molecule is Cc1cccnc1C(Cc1ccccc1F)NN. The molecule has 1 unspecified atom stereocenters. The minimum Gasteiger partial charge on any atom is -0.271 e. The molecular weight excluding hydrogens is 229 g/mol. The average molecular weight is 245 g/mol. The Morgan fingerprint density at radius 3 is 2.72 bits per heavy atom.